The number of esters is 1. The fraction of sp³-hybridized carbons (Fsp3) is 0.440. The van der Waals surface area contributed by atoms with Crippen molar-refractivity contribution >= 4 is 40.0 Å². The largest absolute Gasteiger partial charge is 0.486 e. The first-order chi connectivity index (χ1) is 17.1. The van der Waals surface area contributed by atoms with Gasteiger partial charge < -0.3 is 19.4 Å². The predicted molar refractivity (Wildman–Crippen MR) is 137 cm³/mol. The smallest absolute Gasteiger partial charge is 0.341 e. The van der Waals surface area contributed by atoms with E-state index in [0.29, 0.717) is 41.3 Å². The van der Waals surface area contributed by atoms with Crippen LogP contribution >= 0.6 is 23.1 Å². The van der Waals surface area contributed by atoms with Crippen LogP contribution in [-0.4, -0.2) is 39.0 Å². The molecule has 1 amide bonds. The molecule has 0 unspecified atom stereocenters. The molecule has 0 atom stereocenters. The summed E-state index contributed by atoms with van der Waals surface area (Å²) in [4.78, 5) is 26.8. The number of rotatable bonds is 10. The number of thioether (sulfide) groups is 1. The first-order valence-corrected chi connectivity index (χ1v) is 13.7. The van der Waals surface area contributed by atoms with E-state index >= 15 is 0 Å². The third-order valence-electron chi connectivity index (χ3n) is 5.71. The van der Waals surface area contributed by atoms with Gasteiger partial charge in [0, 0.05) is 11.4 Å². The maximum absolute atomic E-state index is 12.9. The zero-order valence-corrected chi connectivity index (χ0v) is 21.7. The number of thiophene rings is 1. The molecule has 1 aromatic carbocycles. The van der Waals surface area contributed by atoms with Crippen molar-refractivity contribution < 1.29 is 19.1 Å². The Morgan fingerprint density at radius 3 is 2.69 bits per heavy atom. The van der Waals surface area contributed by atoms with Crippen LogP contribution in [0, 0.1) is 0 Å². The zero-order chi connectivity index (χ0) is 24.6. The summed E-state index contributed by atoms with van der Waals surface area (Å²) in [5, 5.41) is 12.7. The van der Waals surface area contributed by atoms with Crippen LogP contribution < -0.4 is 10.1 Å². The molecule has 10 heteroatoms. The Balaban J connectivity index is 1.41. The number of fused-ring (bicyclic) bond motifs is 1. The molecule has 0 aliphatic heterocycles. The van der Waals surface area contributed by atoms with Crippen molar-refractivity contribution in [3.63, 3.8) is 0 Å². The molecule has 8 nitrogen and oxygen atoms in total. The van der Waals surface area contributed by atoms with Gasteiger partial charge in [-0.25, -0.2) is 4.79 Å². The van der Waals surface area contributed by atoms with Crippen molar-refractivity contribution in [1.82, 2.24) is 14.8 Å². The number of aryl methyl sites for hydroxylation is 1. The molecule has 0 spiro atoms. The number of anilines is 1. The third kappa shape index (κ3) is 6.24. The summed E-state index contributed by atoms with van der Waals surface area (Å²) in [7, 11) is 0. The van der Waals surface area contributed by atoms with Crippen LogP contribution in [0.4, 0.5) is 5.00 Å². The number of benzene rings is 1. The van der Waals surface area contributed by atoms with Crippen molar-refractivity contribution in [3.05, 3.63) is 52.2 Å². The first-order valence-electron chi connectivity index (χ1n) is 11.9. The van der Waals surface area contributed by atoms with Gasteiger partial charge in [0.2, 0.25) is 5.91 Å². The number of hydrogen-bond acceptors (Lipinski definition) is 8. The molecule has 3 aromatic rings. The number of hydrogen-bond donors (Lipinski definition) is 1. The van der Waals surface area contributed by atoms with Gasteiger partial charge in [-0.2, -0.15) is 0 Å². The third-order valence-corrected chi connectivity index (χ3v) is 7.88. The van der Waals surface area contributed by atoms with Crippen molar-refractivity contribution in [2.45, 2.75) is 64.3 Å². The molecule has 0 bridgehead atoms. The summed E-state index contributed by atoms with van der Waals surface area (Å²) in [6.07, 6.45) is 5.07. The van der Waals surface area contributed by atoms with Gasteiger partial charge in [-0.3, -0.25) is 4.79 Å². The lowest BCUT2D eigenvalue weighted by Gasteiger charge is -2.10. The average molecular weight is 515 g/mol. The second kappa shape index (κ2) is 12.2. The predicted octanol–water partition coefficient (Wildman–Crippen LogP) is 5.11. The Bertz CT molecular complexity index is 1160. The molecule has 1 aliphatic rings. The minimum absolute atomic E-state index is 0.155. The maximum Gasteiger partial charge on any atom is 0.341 e. The highest BCUT2D eigenvalue weighted by Crippen LogP contribution is 2.38. The minimum Gasteiger partial charge on any atom is -0.486 e. The molecular formula is C25H30N4O4S2. The maximum atomic E-state index is 12.9. The summed E-state index contributed by atoms with van der Waals surface area (Å²) in [6.45, 7) is 5.05. The molecule has 35 heavy (non-hydrogen) atoms. The van der Waals surface area contributed by atoms with Gasteiger partial charge in [-0.1, -0.05) is 36.4 Å². The van der Waals surface area contributed by atoms with Crippen molar-refractivity contribution in [3.8, 4) is 5.75 Å². The van der Waals surface area contributed by atoms with Gasteiger partial charge in [0.15, 0.2) is 11.0 Å². The van der Waals surface area contributed by atoms with E-state index in [-0.39, 0.29) is 17.6 Å². The van der Waals surface area contributed by atoms with Crippen LogP contribution in [0.5, 0.6) is 5.75 Å². The van der Waals surface area contributed by atoms with Crippen LogP contribution in [0.3, 0.4) is 0 Å². The summed E-state index contributed by atoms with van der Waals surface area (Å²) >= 11 is 2.82. The molecular weight excluding hydrogens is 484 g/mol. The Kier molecular flexibility index (Phi) is 8.81. The number of amides is 1. The molecule has 1 N–H and O–H groups in total. The highest BCUT2D eigenvalue weighted by Gasteiger charge is 2.26. The zero-order valence-electron chi connectivity index (χ0n) is 20.0. The van der Waals surface area contributed by atoms with E-state index in [2.05, 4.69) is 15.5 Å². The van der Waals surface area contributed by atoms with Crippen molar-refractivity contribution in [2.75, 3.05) is 17.7 Å². The van der Waals surface area contributed by atoms with Crippen LogP contribution in [0.1, 0.15) is 59.7 Å². The van der Waals surface area contributed by atoms with Crippen molar-refractivity contribution in [2.24, 2.45) is 0 Å². The molecule has 2 aromatic heterocycles. The number of para-hydroxylation sites is 1. The van der Waals surface area contributed by atoms with Gasteiger partial charge in [-0.05, 0) is 57.2 Å². The molecule has 1 aliphatic carbocycles. The van der Waals surface area contributed by atoms with Crippen molar-refractivity contribution in [1.29, 1.82) is 0 Å². The molecule has 4 rings (SSSR count). The highest BCUT2D eigenvalue weighted by molar-refractivity contribution is 7.99. The molecule has 0 saturated heterocycles. The van der Waals surface area contributed by atoms with Crippen LogP contribution in [0.15, 0.2) is 35.5 Å². The second-order valence-electron chi connectivity index (χ2n) is 8.07. The Hall–Kier alpha value is -2.85. The summed E-state index contributed by atoms with van der Waals surface area (Å²) in [6, 6.07) is 9.55. The molecule has 0 fully saturated rings. The lowest BCUT2D eigenvalue weighted by molar-refractivity contribution is -0.113. The van der Waals surface area contributed by atoms with Gasteiger partial charge in [0.1, 0.15) is 17.4 Å². The van der Waals surface area contributed by atoms with E-state index < -0.39 is 0 Å². The topological polar surface area (TPSA) is 95.3 Å². The minimum atomic E-state index is -0.358. The number of ether oxygens (including phenoxy) is 2. The van der Waals surface area contributed by atoms with Crippen LogP contribution in [-0.2, 0) is 35.5 Å². The van der Waals surface area contributed by atoms with E-state index in [4.69, 9.17) is 9.47 Å². The lowest BCUT2D eigenvalue weighted by Crippen LogP contribution is -2.17. The second-order valence-corrected chi connectivity index (χ2v) is 10.1. The fourth-order valence-electron chi connectivity index (χ4n) is 4.06. The first kappa shape index (κ1) is 25.2. The normalized spacial score (nSPS) is 13.1. The summed E-state index contributed by atoms with van der Waals surface area (Å²) < 4.78 is 13.1. The molecule has 186 valence electrons. The number of carbonyl (C=O) groups excluding carboxylic acids is 2. The fourth-order valence-corrected chi connectivity index (χ4v) is 6.17. The van der Waals surface area contributed by atoms with E-state index in [1.165, 1.54) is 28.0 Å². The average Bonchev–Trinajstić information content (AvgIpc) is 3.33. The van der Waals surface area contributed by atoms with E-state index in [9.17, 15) is 9.59 Å². The molecule has 0 radical (unpaired) electrons. The molecule has 2 heterocycles. The number of carbonyl (C=O) groups is 2. The number of aromatic nitrogens is 3. The van der Waals surface area contributed by atoms with E-state index in [1.807, 2.05) is 41.8 Å². The summed E-state index contributed by atoms with van der Waals surface area (Å²) in [5.74, 6) is 1.07. The van der Waals surface area contributed by atoms with Crippen LogP contribution in [0.25, 0.3) is 0 Å². The van der Waals surface area contributed by atoms with E-state index in [0.717, 1.165) is 43.4 Å². The number of nitrogens with zero attached hydrogens (tertiary/aromatic N) is 3. The Labute approximate surface area is 213 Å². The molecule has 0 saturated carbocycles. The number of nitrogens with one attached hydrogen (secondary N) is 1. The van der Waals surface area contributed by atoms with Gasteiger partial charge >= 0.3 is 5.97 Å². The van der Waals surface area contributed by atoms with E-state index in [1.54, 1.807) is 6.92 Å². The van der Waals surface area contributed by atoms with Gasteiger partial charge in [-0.15, -0.1) is 21.5 Å². The SMILES string of the molecule is CCOC(=O)c1c(NC(=O)CSc2nnc(COc3ccccc3)n2CC)sc2c1CCCCC2. The quantitative estimate of drug-likeness (QED) is 0.228. The van der Waals surface area contributed by atoms with Crippen LogP contribution in [0.2, 0.25) is 0 Å². The van der Waals surface area contributed by atoms with Gasteiger partial charge in [0.05, 0.1) is 17.9 Å². The van der Waals surface area contributed by atoms with Gasteiger partial charge in [0.25, 0.3) is 0 Å². The highest BCUT2D eigenvalue weighted by atomic mass is 32.2. The standard InChI is InChI=1S/C25H30N4O4S2/c1-3-29-20(15-33-17-11-7-5-8-12-17)27-28-25(29)34-16-21(30)26-23-22(24(31)32-4-2)18-13-9-6-10-14-19(18)35-23/h5,7-8,11-12H,3-4,6,9-10,13-16H2,1-2H3,(H,26,30). The summed E-state index contributed by atoms with van der Waals surface area (Å²) in [5.41, 5.74) is 1.58. The Morgan fingerprint density at radius 1 is 1.11 bits per heavy atom. The lowest BCUT2D eigenvalue weighted by atomic mass is 10.1. The monoisotopic (exact) mass is 514 g/mol. The Morgan fingerprint density at radius 2 is 1.91 bits per heavy atom.